The van der Waals surface area contributed by atoms with E-state index in [1.807, 2.05) is 0 Å². The molecule has 1 aromatic carbocycles. The zero-order valence-electron chi connectivity index (χ0n) is 16.9. The summed E-state index contributed by atoms with van der Waals surface area (Å²) < 4.78 is 27.4. The number of carbonyl (C=O) groups is 2. The van der Waals surface area contributed by atoms with Crippen LogP contribution in [0.25, 0.3) is 0 Å². The van der Waals surface area contributed by atoms with Crippen molar-refractivity contribution in [2.24, 2.45) is 11.8 Å². The number of ketones is 1. The van der Waals surface area contributed by atoms with Gasteiger partial charge in [0.25, 0.3) is 5.91 Å². The van der Waals surface area contributed by atoms with Crippen molar-refractivity contribution in [3.63, 3.8) is 0 Å². The molecule has 0 saturated carbocycles. The zero-order chi connectivity index (χ0) is 21.3. The van der Waals surface area contributed by atoms with E-state index >= 15 is 0 Å². The lowest BCUT2D eigenvalue weighted by Crippen LogP contribution is -2.42. The number of hydrogen-bond acceptors (Lipinski definition) is 6. The lowest BCUT2D eigenvalue weighted by molar-refractivity contribution is 0.101. The van der Waals surface area contributed by atoms with Crippen LogP contribution in [0.5, 0.6) is 0 Å². The molecule has 0 radical (unpaired) electrons. The minimum absolute atomic E-state index is 0.101. The molecule has 1 aromatic heterocycles. The first kappa shape index (κ1) is 21.6. The standard InChI is InChI=1S/C20H25N3O4S2/c1-12-9-13(2)11-23(10-12)29(26,27)17-7-5-16(6-8-17)19(25)22-20-21-14(3)18(28-20)15(4)24/h5-8,12-13H,9-11H2,1-4H3,(H,21,22,25)/t12-,13-/m1/s1. The number of thiazole rings is 1. The molecule has 9 heteroatoms. The van der Waals surface area contributed by atoms with E-state index in [0.717, 1.165) is 17.8 Å². The van der Waals surface area contributed by atoms with Gasteiger partial charge in [-0.3, -0.25) is 14.9 Å². The summed E-state index contributed by atoms with van der Waals surface area (Å²) in [5.41, 5.74) is 0.894. The number of amides is 1. The average Bonchev–Trinajstić information content (AvgIpc) is 3.01. The molecule has 1 aliphatic heterocycles. The maximum absolute atomic E-state index is 12.9. The first-order valence-corrected chi connectivity index (χ1v) is 11.7. The number of nitrogens with one attached hydrogen (secondary N) is 1. The molecule has 0 spiro atoms. The van der Waals surface area contributed by atoms with Gasteiger partial charge in [0.2, 0.25) is 10.0 Å². The van der Waals surface area contributed by atoms with Gasteiger partial charge < -0.3 is 0 Å². The summed E-state index contributed by atoms with van der Waals surface area (Å²) in [5, 5.41) is 3.00. The Morgan fingerprint density at radius 1 is 1.14 bits per heavy atom. The number of carbonyl (C=O) groups excluding carboxylic acids is 2. The second-order valence-corrected chi connectivity index (χ2v) is 10.7. The van der Waals surface area contributed by atoms with Crippen molar-refractivity contribution in [1.29, 1.82) is 0 Å². The number of piperidine rings is 1. The molecule has 2 atom stereocenters. The Morgan fingerprint density at radius 2 is 1.72 bits per heavy atom. The van der Waals surface area contributed by atoms with E-state index < -0.39 is 15.9 Å². The number of nitrogens with zero attached hydrogens (tertiary/aromatic N) is 2. The van der Waals surface area contributed by atoms with Gasteiger partial charge in [-0.05, 0) is 49.4 Å². The van der Waals surface area contributed by atoms with E-state index in [4.69, 9.17) is 0 Å². The SMILES string of the molecule is CC(=O)c1sc(NC(=O)c2ccc(S(=O)(=O)N3C[C@H](C)C[C@@H](C)C3)cc2)nc1C. The van der Waals surface area contributed by atoms with Gasteiger partial charge in [-0.1, -0.05) is 25.2 Å². The highest BCUT2D eigenvalue weighted by Gasteiger charge is 2.31. The van der Waals surface area contributed by atoms with E-state index in [9.17, 15) is 18.0 Å². The third-order valence-electron chi connectivity index (χ3n) is 4.93. The molecule has 0 bridgehead atoms. The van der Waals surface area contributed by atoms with Gasteiger partial charge in [0.05, 0.1) is 15.5 Å². The van der Waals surface area contributed by atoms with Crippen LogP contribution in [0.15, 0.2) is 29.2 Å². The van der Waals surface area contributed by atoms with Crippen molar-refractivity contribution in [1.82, 2.24) is 9.29 Å². The molecule has 2 heterocycles. The molecule has 0 aliphatic carbocycles. The third kappa shape index (κ3) is 4.73. The number of aryl methyl sites for hydroxylation is 1. The molecule has 2 aromatic rings. The Morgan fingerprint density at radius 3 is 2.24 bits per heavy atom. The second-order valence-electron chi connectivity index (χ2n) is 7.74. The van der Waals surface area contributed by atoms with Crippen LogP contribution in [0.2, 0.25) is 0 Å². The molecule has 1 N–H and O–H groups in total. The van der Waals surface area contributed by atoms with Crippen LogP contribution in [0.1, 0.15) is 52.9 Å². The van der Waals surface area contributed by atoms with E-state index in [1.54, 1.807) is 6.92 Å². The lowest BCUT2D eigenvalue weighted by atomic mass is 9.94. The molecular formula is C20H25N3O4S2. The lowest BCUT2D eigenvalue weighted by Gasteiger charge is -2.34. The molecule has 29 heavy (non-hydrogen) atoms. The van der Waals surface area contributed by atoms with Gasteiger partial charge in [0, 0.05) is 25.6 Å². The zero-order valence-corrected chi connectivity index (χ0v) is 18.6. The number of aromatic nitrogens is 1. The molecular weight excluding hydrogens is 410 g/mol. The number of benzene rings is 1. The number of anilines is 1. The van der Waals surface area contributed by atoms with Crippen LogP contribution in [0, 0.1) is 18.8 Å². The summed E-state index contributed by atoms with van der Waals surface area (Å²) in [5.74, 6) is 0.134. The summed E-state index contributed by atoms with van der Waals surface area (Å²) in [6, 6.07) is 5.90. The maximum Gasteiger partial charge on any atom is 0.257 e. The Labute approximate surface area is 175 Å². The highest BCUT2D eigenvalue weighted by atomic mass is 32.2. The normalized spacial score (nSPS) is 20.4. The first-order valence-electron chi connectivity index (χ1n) is 9.48. The molecule has 0 unspecified atom stereocenters. The molecule has 1 amide bonds. The van der Waals surface area contributed by atoms with Gasteiger partial charge in [-0.15, -0.1) is 0 Å². The van der Waals surface area contributed by atoms with Crippen molar-refractivity contribution in [2.75, 3.05) is 18.4 Å². The predicted molar refractivity (Wildman–Crippen MR) is 113 cm³/mol. The van der Waals surface area contributed by atoms with E-state index in [0.29, 0.717) is 46.2 Å². The Kier molecular flexibility index (Phi) is 6.21. The van der Waals surface area contributed by atoms with Gasteiger partial charge >= 0.3 is 0 Å². The fourth-order valence-electron chi connectivity index (χ4n) is 3.68. The van der Waals surface area contributed by atoms with Gasteiger partial charge in [-0.25, -0.2) is 13.4 Å². The summed E-state index contributed by atoms with van der Waals surface area (Å²) >= 11 is 1.12. The predicted octanol–water partition coefficient (Wildman–Crippen LogP) is 3.57. The summed E-state index contributed by atoms with van der Waals surface area (Å²) in [7, 11) is -3.59. The van der Waals surface area contributed by atoms with Crippen LogP contribution < -0.4 is 5.32 Å². The number of sulfonamides is 1. The van der Waals surface area contributed by atoms with Crippen molar-refractivity contribution in [3.05, 3.63) is 40.4 Å². The van der Waals surface area contributed by atoms with Crippen molar-refractivity contribution >= 4 is 38.2 Å². The minimum atomic E-state index is -3.59. The molecule has 7 nitrogen and oxygen atoms in total. The van der Waals surface area contributed by atoms with Crippen LogP contribution in [0.4, 0.5) is 5.13 Å². The highest BCUT2D eigenvalue weighted by Crippen LogP contribution is 2.27. The average molecular weight is 436 g/mol. The first-order chi connectivity index (χ1) is 13.6. The Balaban J connectivity index is 1.74. The Hall–Kier alpha value is -2.10. The molecule has 1 aliphatic rings. The van der Waals surface area contributed by atoms with Crippen LogP contribution >= 0.6 is 11.3 Å². The summed E-state index contributed by atoms with van der Waals surface area (Å²) in [4.78, 5) is 28.9. The van der Waals surface area contributed by atoms with Gasteiger partial charge in [-0.2, -0.15) is 4.31 Å². The van der Waals surface area contributed by atoms with Gasteiger partial charge in [0.15, 0.2) is 10.9 Å². The number of hydrogen-bond donors (Lipinski definition) is 1. The number of Topliss-reactive ketones (excluding diaryl/α,β-unsaturated/α-hetero) is 1. The smallest absolute Gasteiger partial charge is 0.257 e. The molecule has 1 saturated heterocycles. The quantitative estimate of drug-likeness (QED) is 0.724. The minimum Gasteiger partial charge on any atom is -0.298 e. The van der Waals surface area contributed by atoms with E-state index in [-0.39, 0.29) is 10.7 Å². The van der Waals surface area contributed by atoms with Crippen molar-refractivity contribution in [3.8, 4) is 0 Å². The Bertz CT molecular complexity index is 1020. The fourth-order valence-corrected chi connectivity index (χ4v) is 6.21. The molecule has 3 rings (SSSR count). The van der Waals surface area contributed by atoms with E-state index in [2.05, 4.69) is 24.1 Å². The topological polar surface area (TPSA) is 96.4 Å². The van der Waals surface area contributed by atoms with Crippen molar-refractivity contribution < 1.29 is 18.0 Å². The summed E-state index contributed by atoms with van der Waals surface area (Å²) in [6.07, 6.45) is 1.02. The largest absolute Gasteiger partial charge is 0.298 e. The molecule has 156 valence electrons. The molecule has 1 fully saturated rings. The monoisotopic (exact) mass is 435 g/mol. The summed E-state index contributed by atoms with van der Waals surface area (Å²) in [6.45, 7) is 8.31. The van der Waals surface area contributed by atoms with Crippen LogP contribution in [0.3, 0.4) is 0 Å². The van der Waals surface area contributed by atoms with Gasteiger partial charge in [0.1, 0.15) is 0 Å². The second kappa shape index (κ2) is 8.33. The maximum atomic E-state index is 12.9. The van der Waals surface area contributed by atoms with Crippen LogP contribution in [-0.2, 0) is 10.0 Å². The number of rotatable bonds is 5. The van der Waals surface area contributed by atoms with E-state index in [1.165, 1.54) is 35.5 Å². The van der Waals surface area contributed by atoms with Crippen molar-refractivity contribution in [2.45, 2.75) is 39.0 Å². The fraction of sp³-hybridized carbons (Fsp3) is 0.450. The highest BCUT2D eigenvalue weighted by molar-refractivity contribution is 7.89. The third-order valence-corrected chi connectivity index (χ3v) is 7.95. The van der Waals surface area contributed by atoms with Crippen LogP contribution in [-0.4, -0.2) is 42.5 Å².